The lowest BCUT2D eigenvalue weighted by Gasteiger charge is -2.25. The number of piperidine rings is 1. The molecular formula is C18H20FNS. The van der Waals surface area contributed by atoms with E-state index >= 15 is 0 Å². The van der Waals surface area contributed by atoms with Crippen LogP contribution in [0.5, 0.6) is 0 Å². The predicted molar refractivity (Wildman–Crippen MR) is 86.5 cm³/mol. The third kappa shape index (κ3) is 3.47. The second-order valence-corrected chi connectivity index (χ2v) is 6.66. The van der Waals surface area contributed by atoms with Crippen LogP contribution in [0.4, 0.5) is 4.39 Å². The van der Waals surface area contributed by atoms with Crippen LogP contribution >= 0.6 is 11.8 Å². The third-order valence-electron chi connectivity index (χ3n) is 4.07. The zero-order valence-electron chi connectivity index (χ0n) is 12.2. The van der Waals surface area contributed by atoms with Gasteiger partial charge in [0.05, 0.1) is 0 Å². The molecule has 2 aromatic carbocycles. The largest absolute Gasteiger partial charge is 0.317 e. The first-order valence-corrected chi connectivity index (χ1v) is 8.29. The van der Waals surface area contributed by atoms with E-state index in [2.05, 4.69) is 24.4 Å². The molecule has 21 heavy (non-hydrogen) atoms. The number of benzene rings is 2. The van der Waals surface area contributed by atoms with Gasteiger partial charge in [0.15, 0.2) is 0 Å². The number of halogens is 1. The molecule has 1 saturated heterocycles. The number of hydrogen-bond acceptors (Lipinski definition) is 2. The monoisotopic (exact) mass is 301 g/mol. The third-order valence-corrected chi connectivity index (χ3v) is 5.32. The molecule has 1 heterocycles. The van der Waals surface area contributed by atoms with Crippen molar-refractivity contribution in [3.05, 3.63) is 59.4 Å². The van der Waals surface area contributed by atoms with Gasteiger partial charge in [-0.2, -0.15) is 0 Å². The molecule has 0 saturated carbocycles. The van der Waals surface area contributed by atoms with E-state index in [1.54, 1.807) is 23.9 Å². The van der Waals surface area contributed by atoms with Gasteiger partial charge in [-0.3, -0.25) is 0 Å². The van der Waals surface area contributed by atoms with E-state index in [1.165, 1.54) is 16.0 Å². The molecule has 1 aliphatic rings. The van der Waals surface area contributed by atoms with Gasteiger partial charge in [0.1, 0.15) is 5.82 Å². The highest BCUT2D eigenvalue weighted by Crippen LogP contribution is 2.38. The van der Waals surface area contributed by atoms with Crippen molar-refractivity contribution in [1.82, 2.24) is 5.32 Å². The Labute approximate surface area is 130 Å². The van der Waals surface area contributed by atoms with Crippen LogP contribution in [-0.2, 0) is 0 Å². The smallest absolute Gasteiger partial charge is 0.124 e. The van der Waals surface area contributed by atoms with Crippen LogP contribution in [0, 0.1) is 12.7 Å². The van der Waals surface area contributed by atoms with E-state index in [0.717, 1.165) is 30.8 Å². The zero-order valence-corrected chi connectivity index (χ0v) is 13.0. The van der Waals surface area contributed by atoms with Gasteiger partial charge in [-0.1, -0.05) is 36.0 Å². The quantitative estimate of drug-likeness (QED) is 0.878. The van der Waals surface area contributed by atoms with Gasteiger partial charge in [0, 0.05) is 9.79 Å². The van der Waals surface area contributed by atoms with E-state index < -0.39 is 0 Å². The van der Waals surface area contributed by atoms with Crippen molar-refractivity contribution in [3.63, 3.8) is 0 Å². The molecule has 2 aromatic rings. The molecule has 0 aromatic heterocycles. The van der Waals surface area contributed by atoms with Crippen LogP contribution in [0.3, 0.4) is 0 Å². The SMILES string of the molecule is Cc1ccccc1Sc1cc(F)ccc1C1CCNCC1. The van der Waals surface area contributed by atoms with Crippen LogP contribution < -0.4 is 5.32 Å². The fraction of sp³-hybridized carbons (Fsp3) is 0.333. The fourth-order valence-corrected chi connectivity index (χ4v) is 3.99. The summed E-state index contributed by atoms with van der Waals surface area (Å²) in [6.07, 6.45) is 2.26. The van der Waals surface area contributed by atoms with Crippen molar-refractivity contribution < 1.29 is 4.39 Å². The first kappa shape index (κ1) is 14.6. The van der Waals surface area contributed by atoms with Crippen LogP contribution in [0.1, 0.15) is 29.9 Å². The summed E-state index contributed by atoms with van der Waals surface area (Å²) in [6.45, 7) is 4.21. The standard InChI is InChI=1S/C18H20FNS/c1-13-4-2-3-5-17(13)21-18-12-15(19)6-7-16(18)14-8-10-20-11-9-14/h2-7,12,14,20H,8-11H2,1H3. The molecule has 0 bridgehead atoms. The van der Waals surface area contributed by atoms with Crippen molar-refractivity contribution in [2.45, 2.75) is 35.5 Å². The minimum absolute atomic E-state index is 0.149. The maximum atomic E-state index is 13.7. The molecule has 0 radical (unpaired) electrons. The second kappa shape index (κ2) is 6.63. The lowest BCUT2D eigenvalue weighted by atomic mass is 9.90. The summed E-state index contributed by atoms with van der Waals surface area (Å²) >= 11 is 1.69. The molecule has 3 heteroatoms. The molecule has 1 N–H and O–H groups in total. The fourth-order valence-electron chi connectivity index (χ4n) is 2.86. The first-order chi connectivity index (χ1) is 10.2. The molecule has 0 amide bonds. The van der Waals surface area contributed by atoms with Crippen molar-refractivity contribution in [2.24, 2.45) is 0 Å². The van der Waals surface area contributed by atoms with E-state index in [1.807, 2.05) is 18.2 Å². The van der Waals surface area contributed by atoms with Gasteiger partial charge in [0.25, 0.3) is 0 Å². The summed E-state index contributed by atoms with van der Waals surface area (Å²) in [7, 11) is 0. The molecule has 1 fully saturated rings. The summed E-state index contributed by atoms with van der Waals surface area (Å²) in [5.74, 6) is 0.391. The predicted octanol–water partition coefficient (Wildman–Crippen LogP) is 4.75. The molecule has 0 atom stereocenters. The Morgan fingerprint density at radius 1 is 1.05 bits per heavy atom. The Bertz CT molecular complexity index is 620. The highest BCUT2D eigenvalue weighted by molar-refractivity contribution is 7.99. The van der Waals surface area contributed by atoms with E-state index in [9.17, 15) is 4.39 Å². The normalized spacial score (nSPS) is 16.1. The lowest BCUT2D eigenvalue weighted by molar-refractivity contribution is 0.455. The van der Waals surface area contributed by atoms with E-state index in [-0.39, 0.29) is 5.82 Å². The van der Waals surface area contributed by atoms with Crippen LogP contribution in [-0.4, -0.2) is 13.1 Å². The maximum absolute atomic E-state index is 13.7. The Hall–Kier alpha value is -1.32. The Morgan fingerprint density at radius 3 is 2.57 bits per heavy atom. The summed E-state index contributed by atoms with van der Waals surface area (Å²) in [5.41, 5.74) is 2.54. The summed E-state index contributed by atoms with van der Waals surface area (Å²) in [6, 6.07) is 13.6. The van der Waals surface area contributed by atoms with Crippen molar-refractivity contribution >= 4 is 11.8 Å². The molecule has 0 unspecified atom stereocenters. The maximum Gasteiger partial charge on any atom is 0.124 e. The van der Waals surface area contributed by atoms with Crippen molar-refractivity contribution in [1.29, 1.82) is 0 Å². The topological polar surface area (TPSA) is 12.0 Å². The molecule has 1 nitrogen and oxygen atoms in total. The van der Waals surface area contributed by atoms with Gasteiger partial charge >= 0.3 is 0 Å². The lowest BCUT2D eigenvalue weighted by Crippen LogP contribution is -2.26. The number of aryl methyl sites for hydroxylation is 1. The van der Waals surface area contributed by atoms with Crippen LogP contribution in [0.25, 0.3) is 0 Å². The molecule has 110 valence electrons. The Kier molecular flexibility index (Phi) is 4.61. The van der Waals surface area contributed by atoms with E-state index in [4.69, 9.17) is 0 Å². The molecule has 0 spiro atoms. The van der Waals surface area contributed by atoms with Gasteiger partial charge in [-0.05, 0) is 68.1 Å². The molecule has 0 aliphatic carbocycles. The Balaban J connectivity index is 1.93. The van der Waals surface area contributed by atoms with E-state index in [0.29, 0.717) is 5.92 Å². The number of rotatable bonds is 3. The van der Waals surface area contributed by atoms with Gasteiger partial charge in [-0.25, -0.2) is 4.39 Å². The molecule has 3 rings (SSSR count). The van der Waals surface area contributed by atoms with Crippen LogP contribution in [0.2, 0.25) is 0 Å². The highest BCUT2D eigenvalue weighted by Gasteiger charge is 2.19. The average molecular weight is 301 g/mol. The zero-order chi connectivity index (χ0) is 14.7. The number of nitrogens with one attached hydrogen (secondary N) is 1. The molecule has 1 aliphatic heterocycles. The van der Waals surface area contributed by atoms with Gasteiger partial charge in [-0.15, -0.1) is 0 Å². The summed E-state index contributed by atoms with van der Waals surface area (Å²) < 4.78 is 13.7. The average Bonchev–Trinajstić information content (AvgIpc) is 2.51. The summed E-state index contributed by atoms with van der Waals surface area (Å²) in [5, 5.41) is 3.39. The van der Waals surface area contributed by atoms with Gasteiger partial charge < -0.3 is 5.32 Å². The van der Waals surface area contributed by atoms with Crippen molar-refractivity contribution in [2.75, 3.05) is 13.1 Å². The first-order valence-electron chi connectivity index (χ1n) is 7.47. The minimum atomic E-state index is -0.149. The second-order valence-electron chi connectivity index (χ2n) is 5.57. The molecular weight excluding hydrogens is 281 g/mol. The van der Waals surface area contributed by atoms with Crippen molar-refractivity contribution in [3.8, 4) is 0 Å². The highest BCUT2D eigenvalue weighted by atomic mass is 32.2. The Morgan fingerprint density at radius 2 is 1.81 bits per heavy atom. The number of hydrogen-bond donors (Lipinski definition) is 1. The summed E-state index contributed by atoms with van der Waals surface area (Å²) in [4.78, 5) is 2.27. The minimum Gasteiger partial charge on any atom is -0.317 e. The van der Waals surface area contributed by atoms with Gasteiger partial charge in [0.2, 0.25) is 0 Å². The van der Waals surface area contributed by atoms with Crippen LogP contribution in [0.15, 0.2) is 52.3 Å².